The molecule has 2 unspecified atom stereocenters. The number of alkyl carbamates (subject to hydrolysis) is 1. The van der Waals surface area contributed by atoms with Gasteiger partial charge in [0.1, 0.15) is 16.8 Å². The zero-order valence-corrected chi connectivity index (χ0v) is 21.5. The normalized spacial score (nSPS) is 12.5. The summed E-state index contributed by atoms with van der Waals surface area (Å²) in [6.45, 7) is 1.99. The first-order valence-electron chi connectivity index (χ1n) is 11.1. The van der Waals surface area contributed by atoms with Gasteiger partial charge in [-0.3, -0.25) is 4.79 Å². The van der Waals surface area contributed by atoms with Gasteiger partial charge in [-0.2, -0.15) is 13.6 Å². The number of aromatic nitrogens is 1. The molecular formula is C24H29N4NaO6S2. The van der Waals surface area contributed by atoms with Crippen LogP contribution in [0.2, 0.25) is 0 Å². The molecule has 2 aromatic carbocycles. The number of aryl methyl sites for hydroxylation is 1. The van der Waals surface area contributed by atoms with Crippen LogP contribution in [0.5, 0.6) is 5.75 Å². The van der Waals surface area contributed by atoms with Crippen LogP contribution in [0.15, 0.2) is 60.0 Å². The zero-order chi connectivity index (χ0) is 26.1. The zero-order valence-electron chi connectivity index (χ0n) is 19.8. The van der Waals surface area contributed by atoms with Crippen molar-refractivity contribution in [1.29, 1.82) is 0 Å². The topological polar surface area (TPSA) is 150 Å². The molecule has 10 nitrogen and oxygen atoms in total. The third kappa shape index (κ3) is 10.1. The molecule has 4 N–H and O–H groups in total. The number of amides is 2. The Morgan fingerprint density at radius 3 is 2.24 bits per heavy atom. The van der Waals surface area contributed by atoms with Crippen molar-refractivity contribution in [2.75, 3.05) is 7.11 Å². The van der Waals surface area contributed by atoms with Crippen molar-refractivity contribution in [2.24, 2.45) is 5.14 Å². The van der Waals surface area contributed by atoms with Crippen LogP contribution in [0.3, 0.4) is 0 Å². The van der Waals surface area contributed by atoms with Gasteiger partial charge in [0.25, 0.3) is 0 Å². The van der Waals surface area contributed by atoms with E-state index in [0.717, 1.165) is 23.2 Å². The molecule has 13 heteroatoms. The number of rotatable bonds is 11. The predicted molar refractivity (Wildman–Crippen MR) is 143 cm³/mol. The molecule has 2 atom stereocenters. The van der Waals surface area contributed by atoms with Crippen molar-refractivity contribution >= 4 is 63.2 Å². The summed E-state index contributed by atoms with van der Waals surface area (Å²) in [6, 6.07) is 14.3. The summed E-state index contributed by atoms with van der Waals surface area (Å²) < 4.78 is 31.7. The van der Waals surface area contributed by atoms with Gasteiger partial charge in [0.15, 0.2) is 0 Å². The summed E-state index contributed by atoms with van der Waals surface area (Å²) in [7, 11) is -2.89. The maximum absolute atomic E-state index is 13.4. The van der Waals surface area contributed by atoms with Gasteiger partial charge >= 0.3 is 46.0 Å². The first-order valence-corrected chi connectivity index (χ1v) is 13.5. The van der Waals surface area contributed by atoms with E-state index in [1.54, 1.807) is 12.1 Å². The summed E-state index contributed by atoms with van der Waals surface area (Å²) >= 11 is 1.43. The minimum atomic E-state index is -4.13. The SMILES string of the molecule is CCc1csc(C(Cc2ccc(OS(N)(=O)=O)cc2)NC(=O)C(Cc2ccccc2)NC(=O)OC)n1.[NaH]. The number of carbonyl (C=O) groups is 2. The van der Waals surface area contributed by atoms with Crippen LogP contribution in [0, 0.1) is 0 Å². The van der Waals surface area contributed by atoms with E-state index in [1.807, 2.05) is 42.6 Å². The summed E-state index contributed by atoms with van der Waals surface area (Å²) in [4.78, 5) is 29.9. The second-order valence-electron chi connectivity index (χ2n) is 7.89. The van der Waals surface area contributed by atoms with Crippen molar-refractivity contribution in [3.05, 3.63) is 81.8 Å². The fourth-order valence-corrected chi connectivity index (χ4v) is 4.76. The fourth-order valence-electron chi connectivity index (χ4n) is 3.43. The molecular weight excluding hydrogens is 527 g/mol. The Balaban J connectivity index is 0.00000481. The molecule has 1 heterocycles. The molecule has 0 aliphatic carbocycles. The number of carbonyl (C=O) groups excluding carboxylic acids is 2. The van der Waals surface area contributed by atoms with Gasteiger partial charge in [0, 0.05) is 11.8 Å². The molecule has 0 bridgehead atoms. The number of hydrogen-bond acceptors (Lipinski definition) is 8. The van der Waals surface area contributed by atoms with E-state index in [1.165, 1.54) is 30.6 Å². The Morgan fingerprint density at radius 2 is 1.68 bits per heavy atom. The predicted octanol–water partition coefficient (Wildman–Crippen LogP) is 2.01. The maximum atomic E-state index is 13.4. The van der Waals surface area contributed by atoms with Crippen molar-refractivity contribution in [3.8, 4) is 5.75 Å². The van der Waals surface area contributed by atoms with Crippen molar-refractivity contribution in [2.45, 2.75) is 38.3 Å². The Bertz CT molecular complexity index is 1270. The van der Waals surface area contributed by atoms with E-state index < -0.39 is 34.4 Å². The van der Waals surface area contributed by atoms with Gasteiger partial charge in [0.2, 0.25) is 5.91 Å². The first-order chi connectivity index (χ1) is 17.2. The van der Waals surface area contributed by atoms with Gasteiger partial charge < -0.3 is 19.6 Å². The van der Waals surface area contributed by atoms with Gasteiger partial charge in [-0.15, -0.1) is 11.3 Å². The van der Waals surface area contributed by atoms with Crippen LogP contribution in [0.1, 0.15) is 34.8 Å². The van der Waals surface area contributed by atoms with Gasteiger partial charge in [0.05, 0.1) is 18.8 Å². The molecule has 37 heavy (non-hydrogen) atoms. The second kappa shape index (κ2) is 14.5. The summed E-state index contributed by atoms with van der Waals surface area (Å²) in [5.41, 5.74) is 2.58. The molecule has 0 fully saturated rings. The number of nitrogens with one attached hydrogen (secondary N) is 2. The van der Waals surface area contributed by atoms with E-state index in [-0.39, 0.29) is 41.7 Å². The fraction of sp³-hybridized carbons (Fsp3) is 0.292. The number of nitrogens with two attached hydrogens (primary N) is 1. The second-order valence-corrected chi connectivity index (χ2v) is 9.94. The van der Waals surface area contributed by atoms with Gasteiger partial charge in [-0.1, -0.05) is 49.4 Å². The number of ether oxygens (including phenoxy) is 1. The molecule has 0 aliphatic rings. The van der Waals surface area contributed by atoms with E-state index in [0.29, 0.717) is 11.4 Å². The molecule has 2 amide bonds. The molecule has 0 aliphatic heterocycles. The van der Waals surface area contributed by atoms with Crippen LogP contribution in [-0.2, 0) is 39.1 Å². The molecule has 0 radical (unpaired) electrons. The van der Waals surface area contributed by atoms with E-state index in [4.69, 9.17) is 9.88 Å². The third-order valence-corrected chi connectivity index (χ3v) is 6.63. The summed E-state index contributed by atoms with van der Waals surface area (Å²) in [5, 5.41) is 13.2. The Labute approximate surface area is 242 Å². The van der Waals surface area contributed by atoms with Gasteiger partial charge in [-0.05, 0) is 36.1 Å². The summed E-state index contributed by atoms with van der Waals surface area (Å²) in [5.74, 6) is -0.314. The Kier molecular flexibility index (Phi) is 12.0. The van der Waals surface area contributed by atoms with E-state index in [9.17, 15) is 18.0 Å². The van der Waals surface area contributed by atoms with E-state index >= 15 is 0 Å². The standard InChI is InChI=1S/C24H28N4O6S2.Na.H/c1-3-18-15-35-23(26-18)21(14-17-9-11-19(12-10-17)34-36(25,31)32)27-22(29)20(28-24(30)33-2)13-16-7-5-4-6-8-16;;/h4-12,15,20-21H,3,13-14H2,1-2H3,(H,27,29)(H,28,30)(H2,25,31,32);;. The van der Waals surface area contributed by atoms with Crippen LogP contribution in [-0.4, -0.2) is 68.1 Å². The van der Waals surface area contributed by atoms with Crippen molar-refractivity contribution < 1.29 is 26.9 Å². The summed E-state index contributed by atoms with van der Waals surface area (Å²) in [6.07, 6.45) is 0.674. The van der Waals surface area contributed by atoms with Gasteiger partial charge in [-0.25, -0.2) is 9.78 Å². The average Bonchev–Trinajstić information content (AvgIpc) is 3.33. The van der Waals surface area contributed by atoms with Crippen LogP contribution in [0.4, 0.5) is 4.79 Å². The number of thiazole rings is 1. The molecule has 0 saturated heterocycles. The molecule has 0 spiro atoms. The Hall–Kier alpha value is -2.48. The number of hydrogen-bond donors (Lipinski definition) is 3. The van der Waals surface area contributed by atoms with Crippen LogP contribution < -0.4 is 20.0 Å². The van der Waals surface area contributed by atoms with Crippen molar-refractivity contribution in [1.82, 2.24) is 15.6 Å². The monoisotopic (exact) mass is 556 g/mol. The third-order valence-electron chi connectivity index (χ3n) is 5.20. The average molecular weight is 557 g/mol. The number of benzene rings is 2. The molecule has 194 valence electrons. The van der Waals surface area contributed by atoms with Crippen molar-refractivity contribution in [3.63, 3.8) is 0 Å². The van der Waals surface area contributed by atoms with Crippen LogP contribution >= 0.6 is 11.3 Å². The van der Waals surface area contributed by atoms with Crippen LogP contribution in [0.25, 0.3) is 0 Å². The number of methoxy groups -OCH3 is 1. The number of nitrogens with zero attached hydrogens (tertiary/aromatic N) is 1. The molecule has 3 aromatic rings. The van der Waals surface area contributed by atoms with E-state index in [2.05, 4.69) is 19.8 Å². The quantitative estimate of drug-likeness (QED) is 0.306. The molecule has 3 rings (SSSR count). The minimum absolute atomic E-state index is 0. The first kappa shape index (κ1) is 30.7. The Morgan fingerprint density at radius 1 is 1.03 bits per heavy atom. The molecule has 0 saturated carbocycles. The molecule has 1 aromatic heterocycles.